The molecule has 2 rings (SSSR count). The first-order valence-electron chi connectivity index (χ1n) is 6.82. The van der Waals surface area contributed by atoms with Crippen molar-refractivity contribution in [2.75, 3.05) is 6.54 Å². The molecule has 0 spiro atoms. The van der Waals surface area contributed by atoms with Gasteiger partial charge in [-0.05, 0) is 47.4 Å². The van der Waals surface area contributed by atoms with Gasteiger partial charge >= 0.3 is 0 Å². The molecule has 1 N–H and O–H groups in total. The minimum Gasteiger partial charge on any atom is -0.305 e. The summed E-state index contributed by atoms with van der Waals surface area (Å²) in [5, 5.41) is 7.48. The van der Waals surface area contributed by atoms with Crippen molar-refractivity contribution in [1.82, 2.24) is 15.1 Å². The number of aromatic nitrogens is 2. The van der Waals surface area contributed by atoms with Gasteiger partial charge in [-0.3, -0.25) is 4.68 Å². The van der Waals surface area contributed by atoms with Crippen LogP contribution in [0.5, 0.6) is 0 Å². The molecule has 1 aromatic heterocycles. The van der Waals surface area contributed by atoms with E-state index in [-0.39, 0.29) is 6.04 Å². The van der Waals surface area contributed by atoms with E-state index >= 15 is 0 Å². The first-order chi connectivity index (χ1) is 9.95. The fourth-order valence-electron chi connectivity index (χ4n) is 2.29. The van der Waals surface area contributed by atoms with Crippen molar-refractivity contribution in [2.24, 2.45) is 7.05 Å². The van der Waals surface area contributed by atoms with Gasteiger partial charge in [0.25, 0.3) is 0 Å². The molecule has 21 heavy (non-hydrogen) atoms. The van der Waals surface area contributed by atoms with Crippen LogP contribution in [-0.4, -0.2) is 16.3 Å². The van der Waals surface area contributed by atoms with E-state index in [1.54, 1.807) is 30.9 Å². The van der Waals surface area contributed by atoms with Crippen molar-refractivity contribution < 1.29 is 8.78 Å². The van der Waals surface area contributed by atoms with E-state index in [2.05, 4.69) is 26.3 Å². The van der Waals surface area contributed by atoms with Crippen molar-refractivity contribution in [1.29, 1.82) is 0 Å². The number of aryl methyl sites for hydroxylation is 2. The molecule has 0 aliphatic heterocycles. The number of rotatable bonds is 5. The van der Waals surface area contributed by atoms with Gasteiger partial charge in [0, 0.05) is 18.7 Å². The van der Waals surface area contributed by atoms with E-state index in [1.165, 1.54) is 0 Å². The summed E-state index contributed by atoms with van der Waals surface area (Å²) >= 11 is 3.44. The minimum atomic E-state index is -0.556. The van der Waals surface area contributed by atoms with Gasteiger partial charge in [-0.2, -0.15) is 5.10 Å². The molecule has 1 unspecified atom stereocenters. The van der Waals surface area contributed by atoms with Crippen LogP contribution in [0.4, 0.5) is 8.78 Å². The second-order valence-corrected chi connectivity index (χ2v) is 5.87. The van der Waals surface area contributed by atoms with Gasteiger partial charge in [-0.1, -0.05) is 6.92 Å². The molecule has 0 saturated carbocycles. The summed E-state index contributed by atoms with van der Waals surface area (Å²) < 4.78 is 30.2. The lowest BCUT2D eigenvalue weighted by atomic mass is 10.00. The maximum absolute atomic E-state index is 14.2. The first-order valence-corrected chi connectivity index (χ1v) is 7.61. The van der Waals surface area contributed by atoms with E-state index in [0.29, 0.717) is 11.1 Å². The van der Waals surface area contributed by atoms with Gasteiger partial charge in [-0.25, -0.2) is 8.78 Å². The van der Waals surface area contributed by atoms with E-state index in [4.69, 9.17) is 0 Å². The molecule has 1 aromatic carbocycles. The highest BCUT2D eigenvalue weighted by atomic mass is 79.9. The summed E-state index contributed by atoms with van der Waals surface area (Å²) in [6, 6.07) is 2.11. The molecule has 0 radical (unpaired) electrons. The maximum Gasteiger partial charge on any atom is 0.131 e. The quantitative estimate of drug-likeness (QED) is 0.880. The van der Waals surface area contributed by atoms with E-state index in [0.717, 1.165) is 29.2 Å². The Morgan fingerprint density at radius 1 is 1.33 bits per heavy atom. The third-order valence-corrected chi connectivity index (χ3v) is 4.01. The van der Waals surface area contributed by atoms with Crippen LogP contribution < -0.4 is 5.32 Å². The highest BCUT2D eigenvalue weighted by Crippen LogP contribution is 2.30. The second kappa shape index (κ2) is 6.66. The number of benzene rings is 1. The average molecular weight is 358 g/mol. The summed E-state index contributed by atoms with van der Waals surface area (Å²) in [6.07, 6.45) is 2.58. The Bertz CT molecular complexity index is 621. The lowest BCUT2D eigenvalue weighted by molar-refractivity contribution is 0.509. The van der Waals surface area contributed by atoms with Crippen molar-refractivity contribution in [3.63, 3.8) is 0 Å². The molecular formula is C15H18BrF2N3. The van der Waals surface area contributed by atoms with E-state index < -0.39 is 11.6 Å². The summed E-state index contributed by atoms with van der Waals surface area (Å²) in [6.45, 7) is 4.39. The second-order valence-electron chi connectivity index (χ2n) is 5.01. The summed E-state index contributed by atoms with van der Waals surface area (Å²) in [4.78, 5) is 0. The highest BCUT2D eigenvalue weighted by molar-refractivity contribution is 9.10. The smallest absolute Gasteiger partial charge is 0.131 e. The molecule has 0 amide bonds. The molecule has 3 nitrogen and oxygen atoms in total. The molecule has 0 fully saturated rings. The van der Waals surface area contributed by atoms with Crippen molar-refractivity contribution in [3.05, 3.63) is 51.3 Å². The monoisotopic (exact) mass is 357 g/mol. The van der Waals surface area contributed by atoms with Gasteiger partial charge in [0.1, 0.15) is 11.6 Å². The summed E-state index contributed by atoms with van der Waals surface area (Å²) in [5.74, 6) is -1.09. The zero-order valence-corrected chi connectivity index (χ0v) is 13.8. The fourth-order valence-corrected chi connectivity index (χ4v) is 2.87. The van der Waals surface area contributed by atoms with Crippen molar-refractivity contribution in [3.8, 4) is 0 Å². The molecule has 2 aromatic rings. The molecule has 0 saturated heterocycles. The normalized spacial score (nSPS) is 12.7. The van der Waals surface area contributed by atoms with Crippen LogP contribution in [-0.2, 0) is 7.05 Å². The minimum absolute atomic E-state index is 0.383. The van der Waals surface area contributed by atoms with E-state index in [1.807, 2.05) is 6.92 Å². The van der Waals surface area contributed by atoms with Crippen molar-refractivity contribution >= 4 is 15.9 Å². The number of nitrogens with one attached hydrogen (secondary N) is 1. The molecule has 0 aliphatic carbocycles. The zero-order chi connectivity index (χ0) is 15.6. The van der Waals surface area contributed by atoms with Crippen LogP contribution in [0.1, 0.15) is 36.2 Å². The highest BCUT2D eigenvalue weighted by Gasteiger charge is 2.24. The molecule has 0 bridgehead atoms. The van der Waals surface area contributed by atoms with Gasteiger partial charge in [-0.15, -0.1) is 0 Å². The molecular weight excluding hydrogens is 340 g/mol. The van der Waals surface area contributed by atoms with Crippen LogP contribution in [0.25, 0.3) is 0 Å². The SMILES string of the molecule is CCCNC(c1cc(C)c(F)cc1F)c1c(Br)cnn1C. The number of hydrogen-bond donors (Lipinski definition) is 1. The Kier molecular flexibility index (Phi) is 5.11. The van der Waals surface area contributed by atoms with Crippen LogP contribution in [0.3, 0.4) is 0 Å². The molecule has 1 heterocycles. The predicted octanol–water partition coefficient (Wildman–Crippen LogP) is 3.86. The molecule has 6 heteroatoms. The van der Waals surface area contributed by atoms with Crippen LogP contribution in [0, 0.1) is 18.6 Å². The van der Waals surface area contributed by atoms with Gasteiger partial charge in [0.05, 0.1) is 22.4 Å². The Morgan fingerprint density at radius 3 is 2.62 bits per heavy atom. The number of hydrogen-bond acceptors (Lipinski definition) is 2. The van der Waals surface area contributed by atoms with Crippen LogP contribution >= 0.6 is 15.9 Å². The Morgan fingerprint density at radius 2 is 2.05 bits per heavy atom. The summed E-state index contributed by atoms with van der Waals surface area (Å²) in [7, 11) is 1.80. The largest absolute Gasteiger partial charge is 0.305 e. The Labute approximate surface area is 131 Å². The third-order valence-electron chi connectivity index (χ3n) is 3.40. The summed E-state index contributed by atoms with van der Waals surface area (Å²) in [5.41, 5.74) is 1.66. The Balaban J connectivity index is 2.53. The first kappa shape index (κ1) is 16.1. The van der Waals surface area contributed by atoms with Gasteiger partial charge < -0.3 is 5.32 Å². The van der Waals surface area contributed by atoms with Crippen LogP contribution in [0.2, 0.25) is 0 Å². The standard InChI is InChI=1S/C15H18BrF2N3/c1-4-5-19-14(15-11(16)8-20-21(15)3)10-6-9(2)12(17)7-13(10)18/h6-8,14,19H,4-5H2,1-3H3. The topological polar surface area (TPSA) is 29.9 Å². The lowest BCUT2D eigenvalue weighted by Crippen LogP contribution is -2.26. The molecule has 0 aliphatic rings. The van der Waals surface area contributed by atoms with Crippen molar-refractivity contribution in [2.45, 2.75) is 26.3 Å². The Hall–Kier alpha value is -1.27. The molecule has 114 valence electrons. The zero-order valence-electron chi connectivity index (χ0n) is 12.3. The molecule has 1 atom stereocenters. The maximum atomic E-state index is 14.2. The average Bonchev–Trinajstić information content (AvgIpc) is 2.76. The number of halogens is 3. The van der Waals surface area contributed by atoms with Crippen LogP contribution in [0.15, 0.2) is 22.8 Å². The van der Waals surface area contributed by atoms with E-state index in [9.17, 15) is 8.78 Å². The fraction of sp³-hybridized carbons (Fsp3) is 0.400. The van der Waals surface area contributed by atoms with Gasteiger partial charge in [0.2, 0.25) is 0 Å². The predicted molar refractivity (Wildman–Crippen MR) is 82.1 cm³/mol. The van der Waals surface area contributed by atoms with Gasteiger partial charge in [0.15, 0.2) is 0 Å². The lowest BCUT2D eigenvalue weighted by Gasteiger charge is -2.21. The third kappa shape index (κ3) is 3.32. The number of nitrogens with zero attached hydrogens (tertiary/aromatic N) is 2.